The highest BCUT2D eigenvalue weighted by Gasteiger charge is 2.22. The summed E-state index contributed by atoms with van der Waals surface area (Å²) in [7, 11) is 0. The van der Waals surface area contributed by atoms with Crippen LogP contribution in [0.25, 0.3) is 0 Å². The third-order valence-electron chi connectivity index (χ3n) is 4.28. The number of aryl methyl sites for hydroxylation is 1. The van der Waals surface area contributed by atoms with Crippen LogP contribution in [0.15, 0.2) is 18.2 Å². The van der Waals surface area contributed by atoms with Gasteiger partial charge in [-0.05, 0) is 37.8 Å². The number of nitro benzene ring substituents is 1. The van der Waals surface area contributed by atoms with Crippen LogP contribution in [0.4, 0.5) is 5.69 Å². The first-order valence-electron chi connectivity index (χ1n) is 7.54. The van der Waals surface area contributed by atoms with Crippen molar-refractivity contribution in [2.75, 3.05) is 0 Å². The largest absolute Gasteiger partial charge is 0.353 e. The minimum absolute atomic E-state index is 0.0128. The van der Waals surface area contributed by atoms with Crippen LogP contribution < -0.4 is 5.32 Å². The summed E-state index contributed by atoms with van der Waals surface area (Å²) in [6, 6.07) is 4.97. The molecule has 1 saturated carbocycles. The summed E-state index contributed by atoms with van der Waals surface area (Å²) in [6.07, 6.45) is 5.71. The highest BCUT2D eigenvalue weighted by atomic mass is 16.6. The molecule has 0 bridgehead atoms. The van der Waals surface area contributed by atoms with Crippen molar-refractivity contribution in [2.45, 2.75) is 57.9 Å². The second-order valence-electron chi connectivity index (χ2n) is 5.86. The summed E-state index contributed by atoms with van der Waals surface area (Å²) >= 11 is 0. The summed E-state index contributed by atoms with van der Waals surface area (Å²) < 4.78 is 0. The predicted octanol–water partition coefficient (Wildman–Crippen LogP) is 3.46. The van der Waals surface area contributed by atoms with Gasteiger partial charge in [0.25, 0.3) is 5.69 Å². The Hall–Kier alpha value is -1.91. The third kappa shape index (κ3) is 3.80. The molecule has 1 atom stereocenters. The van der Waals surface area contributed by atoms with Crippen molar-refractivity contribution in [3.8, 4) is 0 Å². The summed E-state index contributed by atoms with van der Waals surface area (Å²) in [6.45, 7) is 3.67. The third-order valence-corrected chi connectivity index (χ3v) is 4.28. The maximum Gasteiger partial charge on any atom is 0.269 e. The predicted molar refractivity (Wildman–Crippen MR) is 81.3 cm³/mol. The fourth-order valence-corrected chi connectivity index (χ4v) is 2.97. The number of hydrogen-bond donors (Lipinski definition) is 1. The molecule has 1 unspecified atom stereocenters. The van der Waals surface area contributed by atoms with Crippen LogP contribution in [0, 0.1) is 17.0 Å². The van der Waals surface area contributed by atoms with Crippen LogP contribution in [-0.4, -0.2) is 16.9 Å². The first-order chi connectivity index (χ1) is 9.99. The molecule has 21 heavy (non-hydrogen) atoms. The Morgan fingerprint density at radius 3 is 2.57 bits per heavy atom. The molecule has 1 aromatic rings. The van der Waals surface area contributed by atoms with E-state index in [1.807, 2.05) is 13.8 Å². The highest BCUT2D eigenvalue weighted by Crippen LogP contribution is 2.25. The van der Waals surface area contributed by atoms with Gasteiger partial charge in [0.05, 0.1) is 10.8 Å². The molecule has 5 nitrogen and oxygen atoms in total. The Morgan fingerprint density at radius 2 is 2.00 bits per heavy atom. The molecule has 114 valence electrons. The molecule has 2 rings (SSSR count). The van der Waals surface area contributed by atoms with Gasteiger partial charge in [-0.25, -0.2) is 0 Å². The van der Waals surface area contributed by atoms with Crippen molar-refractivity contribution < 1.29 is 9.72 Å². The molecular weight excluding hydrogens is 268 g/mol. The van der Waals surface area contributed by atoms with Crippen molar-refractivity contribution in [2.24, 2.45) is 0 Å². The molecule has 5 heteroatoms. The number of nitrogens with one attached hydrogen (secondary N) is 1. The molecule has 0 spiro atoms. The Bertz CT molecular complexity index is 536. The van der Waals surface area contributed by atoms with E-state index in [-0.39, 0.29) is 23.6 Å². The van der Waals surface area contributed by atoms with Gasteiger partial charge in [-0.2, -0.15) is 0 Å². The molecule has 1 aliphatic rings. The number of carbonyl (C=O) groups excluding carboxylic acids is 1. The van der Waals surface area contributed by atoms with E-state index in [4.69, 9.17) is 0 Å². The maximum atomic E-state index is 12.3. The van der Waals surface area contributed by atoms with Gasteiger partial charge in [0.15, 0.2) is 0 Å². The zero-order chi connectivity index (χ0) is 15.4. The quantitative estimate of drug-likeness (QED) is 0.681. The van der Waals surface area contributed by atoms with Crippen LogP contribution in [0.2, 0.25) is 0 Å². The number of non-ortho nitro benzene ring substituents is 1. The van der Waals surface area contributed by atoms with Crippen molar-refractivity contribution in [1.82, 2.24) is 5.32 Å². The van der Waals surface area contributed by atoms with E-state index in [1.165, 1.54) is 31.4 Å². The molecule has 0 aromatic heterocycles. The Balaban J connectivity index is 2.06. The van der Waals surface area contributed by atoms with E-state index in [0.29, 0.717) is 0 Å². The van der Waals surface area contributed by atoms with E-state index in [0.717, 1.165) is 24.0 Å². The van der Waals surface area contributed by atoms with Gasteiger partial charge in [-0.1, -0.05) is 25.3 Å². The lowest BCUT2D eigenvalue weighted by Crippen LogP contribution is -2.38. The SMILES string of the molecule is Cc1cc([N+](=O)[O-])ccc1C(C)C(=O)NC1CCCCC1. The Morgan fingerprint density at radius 1 is 1.33 bits per heavy atom. The van der Waals surface area contributed by atoms with Gasteiger partial charge in [0.1, 0.15) is 0 Å². The number of carbonyl (C=O) groups is 1. The van der Waals surface area contributed by atoms with E-state index < -0.39 is 4.92 Å². The van der Waals surface area contributed by atoms with Gasteiger partial charge < -0.3 is 5.32 Å². The second kappa shape index (κ2) is 6.70. The summed E-state index contributed by atoms with van der Waals surface area (Å²) in [5.41, 5.74) is 1.71. The van der Waals surface area contributed by atoms with E-state index in [1.54, 1.807) is 6.07 Å². The van der Waals surface area contributed by atoms with Gasteiger partial charge >= 0.3 is 0 Å². The van der Waals surface area contributed by atoms with Crippen LogP contribution in [0.1, 0.15) is 56.1 Å². The van der Waals surface area contributed by atoms with Gasteiger partial charge in [0.2, 0.25) is 5.91 Å². The molecule has 0 aliphatic heterocycles. The van der Waals surface area contributed by atoms with E-state index in [2.05, 4.69) is 5.32 Å². The minimum Gasteiger partial charge on any atom is -0.353 e. The normalized spacial score (nSPS) is 17.2. The minimum atomic E-state index is -0.413. The molecule has 1 amide bonds. The monoisotopic (exact) mass is 290 g/mol. The summed E-state index contributed by atoms with van der Waals surface area (Å²) in [4.78, 5) is 22.7. The van der Waals surface area contributed by atoms with Crippen LogP contribution >= 0.6 is 0 Å². The molecule has 1 aromatic carbocycles. The lowest BCUT2D eigenvalue weighted by molar-refractivity contribution is -0.384. The number of rotatable bonds is 4. The molecule has 0 saturated heterocycles. The average Bonchev–Trinajstić information content (AvgIpc) is 2.47. The maximum absolute atomic E-state index is 12.3. The number of nitro groups is 1. The molecular formula is C16H22N2O3. The summed E-state index contributed by atoms with van der Waals surface area (Å²) in [5.74, 6) is -0.272. The standard InChI is InChI=1S/C16H22N2O3/c1-11-10-14(18(20)21)8-9-15(11)12(2)16(19)17-13-6-4-3-5-7-13/h8-10,12-13H,3-7H2,1-2H3,(H,17,19). The zero-order valence-corrected chi connectivity index (χ0v) is 12.6. The van der Waals surface area contributed by atoms with Gasteiger partial charge in [0, 0.05) is 18.2 Å². The second-order valence-corrected chi connectivity index (χ2v) is 5.86. The average molecular weight is 290 g/mol. The van der Waals surface area contributed by atoms with Crippen LogP contribution in [0.3, 0.4) is 0 Å². The van der Waals surface area contributed by atoms with E-state index >= 15 is 0 Å². The fourth-order valence-electron chi connectivity index (χ4n) is 2.97. The zero-order valence-electron chi connectivity index (χ0n) is 12.6. The van der Waals surface area contributed by atoms with Crippen LogP contribution in [-0.2, 0) is 4.79 Å². The van der Waals surface area contributed by atoms with Gasteiger partial charge in [-0.15, -0.1) is 0 Å². The van der Waals surface area contributed by atoms with Crippen molar-refractivity contribution >= 4 is 11.6 Å². The first kappa shape index (κ1) is 15.5. The first-order valence-corrected chi connectivity index (χ1v) is 7.54. The lowest BCUT2D eigenvalue weighted by Gasteiger charge is -2.25. The van der Waals surface area contributed by atoms with Crippen molar-refractivity contribution in [1.29, 1.82) is 0 Å². The topological polar surface area (TPSA) is 72.2 Å². The molecule has 1 N–H and O–H groups in total. The smallest absolute Gasteiger partial charge is 0.269 e. The molecule has 0 heterocycles. The number of hydrogen-bond acceptors (Lipinski definition) is 3. The number of benzene rings is 1. The highest BCUT2D eigenvalue weighted by molar-refractivity contribution is 5.84. The van der Waals surface area contributed by atoms with Crippen LogP contribution in [0.5, 0.6) is 0 Å². The van der Waals surface area contributed by atoms with E-state index in [9.17, 15) is 14.9 Å². The number of nitrogens with zero attached hydrogens (tertiary/aromatic N) is 1. The summed E-state index contributed by atoms with van der Waals surface area (Å²) in [5, 5.41) is 13.9. The Labute approximate surface area is 124 Å². The fraction of sp³-hybridized carbons (Fsp3) is 0.562. The number of amides is 1. The Kier molecular flexibility index (Phi) is 4.94. The van der Waals surface area contributed by atoms with Gasteiger partial charge in [-0.3, -0.25) is 14.9 Å². The molecule has 0 radical (unpaired) electrons. The molecule has 1 fully saturated rings. The van der Waals surface area contributed by atoms with Crippen molar-refractivity contribution in [3.63, 3.8) is 0 Å². The lowest BCUT2D eigenvalue weighted by atomic mass is 9.92. The molecule has 1 aliphatic carbocycles. The van der Waals surface area contributed by atoms with Crippen molar-refractivity contribution in [3.05, 3.63) is 39.4 Å².